The second-order valence-corrected chi connectivity index (χ2v) is 6.20. The van der Waals surface area contributed by atoms with Gasteiger partial charge in [-0.05, 0) is 18.2 Å². The van der Waals surface area contributed by atoms with Crippen molar-refractivity contribution in [1.29, 1.82) is 0 Å². The maximum absolute atomic E-state index is 11.1. The topological polar surface area (TPSA) is 56.3 Å². The maximum atomic E-state index is 11.1. The molecule has 0 aliphatic heterocycles. The molecule has 0 aliphatic rings. The number of aromatic nitrogens is 1. The van der Waals surface area contributed by atoms with Gasteiger partial charge in [-0.25, -0.2) is 4.98 Å². The highest BCUT2D eigenvalue weighted by Gasteiger charge is 2.11. The first kappa shape index (κ1) is 12.6. The summed E-state index contributed by atoms with van der Waals surface area (Å²) in [5.41, 5.74) is 0. The minimum absolute atomic E-state index is 0.231. The van der Waals surface area contributed by atoms with Crippen LogP contribution in [0.4, 0.5) is 0 Å². The van der Waals surface area contributed by atoms with E-state index in [1.807, 2.05) is 0 Å². The molecule has 1 heterocycles. The Balaban J connectivity index is 2.72. The van der Waals surface area contributed by atoms with E-state index in [1.54, 1.807) is 24.4 Å². The summed E-state index contributed by atoms with van der Waals surface area (Å²) in [6.07, 6.45) is 2.54. The van der Waals surface area contributed by atoms with Crippen molar-refractivity contribution in [3.05, 3.63) is 34.0 Å². The predicted octanol–water partition coefficient (Wildman–Crippen LogP) is 2.99. The molecule has 1 aromatic heterocycles. The van der Waals surface area contributed by atoms with E-state index in [-0.39, 0.29) is 10.9 Å². The van der Waals surface area contributed by atoms with Gasteiger partial charge in [0.05, 0.1) is 6.26 Å². The fraction of sp³-hybridized carbons (Fsp3) is 0.100. The molecular weight excluding hydrogens is 330 g/mol. The van der Waals surface area contributed by atoms with Gasteiger partial charge in [0.25, 0.3) is 0 Å². The third kappa shape index (κ3) is 2.88. The fourth-order valence-electron chi connectivity index (χ4n) is 1.39. The summed E-state index contributed by atoms with van der Waals surface area (Å²) in [4.78, 5) is 3.94. The number of halogens is 2. The van der Waals surface area contributed by atoms with Gasteiger partial charge in [-0.15, -0.1) is 0 Å². The van der Waals surface area contributed by atoms with E-state index in [0.29, 0.717) is 5.39 Å². The highest BCUT2D eigenvalue weighted by Crippen LogP contribution is 2.33. The zero-order chi connectivity index (χ0) is 12.6. The average Bonchev–Trinajstić information content (AvgIpc) is 2.20. The smallest absolute Gasteiger partial charge is 0.306 e. The molecule has 0 N–H and O–H groups in total. The lowest BCUT2D eigenvalue weighted by Crippen LogP contribution is -2.06. The van der Waals surface area contributed by atoms with E-state index >= 15 is 0 Å². The van der Waals surface area contributed by atoms with E-state index in [1.165, 1.54) is 0 Å². The van der Waals surface area contributed by atoms with Gasteiger partial charge in [0.1, 0.15) is 5.15 Å². The second-order valence-electron chi connectivity index (χ2n) is 3.39. The van der Waals surface area contributed by atoms with Gasteiger partial charge < -0.3 is 4.18 Å². The molecule has 0 fully saturated rings. The summed E-state index contributed by atoms with van der Waals surface area (Å²) >= 11 is 9.13. The van der Waals surface area contributed by atoms with Gasteiger partial charge in [-0.2, -0.15) is 8.42 Å². The van der Waals surface area contributed by atoms with Crippen molar-refractivity contribution in [2.75, 3.05) is 6.26 Å². The van der Waals surface area contributed by atoms with Gasteiger partial charge in [-0.1, -0.05) is 27.5 Å². The number of benzene rings is 1. The van der Waals surface area contributed by atoms with Crippen LogP contribution in [0.1, 0.15) is 0 Å². The highest BCUT2D eigenvalue weighted by atomic mass is 79.9. The van der Waals surface area contributed by atoms with Crippen molar-refractivity contribution in [3.8, 4) is 5.75 Å². The van der Waals surface area contributed by atoms with Crippen LogP contribution >= 0.6 is 27.5 Å². The number of hydrogen-bond acceptors (Lipinski definition) is 4. The largest absolute Gasteiger partial charge is 0.382 e. The first-order valence-electron chi connectivity index (χ1n) is 4.50. The van der Waals surface area contributed by atoms with Gasteiger partial charge >= 0.3 is 10.1 Å². The Morgan fingerprint density at radius 2 is 2.06 bits per heavy atom. The Morgan fingerprint density at radius 3 is 2.71 bits per heavy atom. The molecule has 17 heavy (non-hydrogen) atoms. The molecule has 0 atom stereocenters. The molecule has 0 bridgehead atoms. The van der Waals surface area contributed by atoms with E-state index < -0.39 is 10.1 Å². The standard InChI is InChI=1S/C10H7BrClNO3S/c1-17(14,15)16-9-3-2-8(11)7-5-13-10(12)4-6(7)9/h2-5H,1H3. The zero-order valence-corrected chi connectivity index (χ0v) is 11.8. The van der Waals surface area contributed by atoms with Crippen LogP contribution in [0.5, 0.6) is 5.75 Å². The maximum Gasteiger partial charge on any atom is 0.306 e. The van der Waals surface area contributed by atoms with Crippen LogP contribution in [0.25, 0.3) is 10.8 Å². The molecule has 0 saturated heterocycles. The fourth-order valence-corrected chi connectivity index (χ4v) is 2.47. The monoisotopic (exact) mass is 335 g/mol. The van der Waals surface area contributed by atoms with E-state index in [0.717, 1.165) is 16.1 Å². The third-order valence-electron chi connectivity index (χ3n) is 2.02. The van der Waals surface area contributed by atoms with E-state index in [4.69, 9.17) is 15.8 Å². The summed E-state index contributed by atoms with van der Waals surface area (Å²) in [5.74, 6) is 0.231. The minimum atomic E-state index is -3.57. The summed E-state index contributed by atoms with van der Waals surface area (Å²) in [6, 6.07) is 4.81. The van der Waals surface area contributed by atoms with Crippen molar-refractivity contribution < 1.29 is 12.6 Å². The van der Waals surface area contributed by atoms with Gasteiger partial charge in [-0.3, -0.25) is 0 Å². The SMILES string of the molecule is CS(=O)(=O)Oc1ccc(Br)c2cnc(Cl)cc12. The number of hydrogen-bond donors (Lipinski definition) is 0. The average molecular weight is 337 g/mol. The van der Waals surface area contributed by atoms with Crippen molar-refractivity contribution in [1.82, 2.24) is 4.98 Å². The Hall–Kier alpha value is -0.850. The summed E-state index contributed by atoms with van der Waals surface area (Å²) in [5, 5.41) is 1.59. The quantitative estimate of drug-likeness (QED) is 0.625. The van der Waals surface area contributed by atoms with Gasteiger partial charge in [0.2, 0.25) is 0 Å². The van der Waals surface area contributed by atoms with Gasteiger partial charge in [0, 0.05) is 21.4 Å². The second kappa shape index (κ2) is 4.44. The van der Waals surface area contributed by atoms with Crippen LogP contribution < -0.4 is 4.18 Å². The molecular formula is C10H7BrClNO3S. The van der Waals surface area contributed by atoms with Crippen LogP contribution in [-0.2, 0) is 10.1 Å². The first-order chi connectivity index (χ1) is 7.87. The summed E-state index contributed by atoms with van der Waals surface area (Å²) in [6.45, 7) is 0. The zero-order valence-electron chi connectivity index (χ0n) is 8.65. The summed E-state index contributed by atoms with van der Waals surface area (Å²) < 4.78 is 27.9. The third-order valence-corrected chi connectivity index (χ3v) is 3.40. The Labute approximate surface area is 112 Å². The molecule has 1 aromatic carbocycles. The first-order valence-corrected chi connectivity index (χ1v) is 7.49. The molecule has 0 spiro atoms. The van der Waals surface area contributed by atoms with Gasteiger partial charge in [0.15, 0.2) is 5.75 Å². The van der Waals surface area contributed by atoms with Crippen LogP contribution in [0.15, 0.2) is 28.9 Å². The molecule has 0 radical (unpaired) electrons. The minimum Gasteiger partial charge on any atom is -0.382 e. The number of nitrogens with zero attached hydrogens (tertiary/aromatic N) is 1. The molecule has 2 aromatic rings. The lowest BCUT2D eigenvalue weighted by atomic mass is 10.1. The van der Waals surface area contributed by atoms with E-state index in [2.05, 4.69) is 20.9 Å². The van der Waals surface area contributed by atoms with Crippen molar-refractivity contribution in [2.24, 2.45) is 0 Å². The van der Waals surface area contributed by atoms with E-state index in [9.17, 15) is 8.42 Å². The molecule has 0 amide bonds. The molecule has 4 nitrogen and oxygen atoms in total. The van der Waals surface area contributed by atoms with Crippen molar-refractivity contribution in [2.45, 2.75) is 0 Å². The Bertz CT molecular complexity index is 687. The van der Waals surface area contributed by atoms with Crippen molar-refractivity contribution in [3.63, 3.8) is 0 Å². The van der Waals surface area contributed by atoms with Crippen LogP contribution in [0.2, 0.25) is 5.15 Å². The number of pyridine rings is 1. The highest BCUT2D eigenvalue weighted by molar-refractivity contribution is 9.10. The lowest BCUT2D eigenvalue weighted by molar-refractivity contribution is 0.495. The normalized spacial score (nSPS) is 11.7. The van der Waals surface area contributed by atoms with Crippen LogP contribution in [0.3, 0.4) is 0 Å². The molecule has 90 valence electrons. The number of fused-ring (bicyclic) bond motifs is 1. The Kier molecular flexibility index (Phi) is 3.29. The van der Waals surface area contributed by atoms with Crippen LogP contribution in [0, 0.1) is 0 Å². The molecule has 0 aliphatic carbocycles. The number of rotatable bonds is 2. The lowest BCUT2D eigenvalue weighted by Gasteiger charge is -2.08. The van der Waals surface area contributed by atoms with Crippen molar-refractivity contribution >= 4 is 48.4 Å². The molecule has 0 saturated carbocycles. The summed E-state index contributed by atoms with van der Waals surface area (Å²) in [7, 11) is -3.57. The Morgan fingerprint density at radius 1 is 1.35 bits per heavy atom. The molecule has 7 heteroatoms. The molecule has 2 rings (SSSR count). The predicted molar refractivity (Wildman–Crippen MR) is 69.9 cm³/mol. The molecule has 0 unspecified atom stereocenters. The van der Waals surface area contributed by atoms with Crippen LogP contribution in [-0.4, -0.2) is 19.7 Å².